The molecule has 3 heteroatoms. The van der Waals surface area contributed by atoms with Crippen LogP contribution in [-0.2, 0) is 0 Å². The van der Waals surface area contributed by atoms with Crippen LogP contribution < -0.4 is 10.6 Å². The molecule has 0 fully saturated rings. The Labute approximate surface area is 161 Å². The van der Waals surface area contributed by atoms with Crippen LogP contribution in [0.4, 0.5) is 5.69 Å². The summed E-state index contributed by atoms with van der Waals surface area (Å²) in [5, 5.41) is 7.47. The first-order chi connectivity index (χ1) is 12.5. The molecular formula is C23H24N2S. The Bertz CT molecular complexity index is 903. The van der Waals surface area contributed by atoms with E-state index in [1.807, 2.05) is 6.07 Å². The minimum Gasteiger partial charge on any atom is -0.352 e. The lowest BCUT2D eigenvalue weighted by Crippen LogP contribution is -2.33. The summed E-state index contributed by atoms with van der Waals surface area (Å²) in [4.78, 5) is 0. The number of thiocarbonyl (C=S) groups is 1. The first kappa shape index (κ1) is 18.2. The standard InChI is InChI=1S/C23H24N2S/c1-16-8-7-11-20(14-16)22(19-9-5-4-6-10-19)25-23(26)24-21-15-17(2)12-13-18(21)3/h4-15,22H,1-3H3,(H2,24,25,26). The third-order valence-corrected chi connectivity index (χ3v) is 4.64. The molecule has 0 aliphatic carbocycles. The van der Waals surface area contributed by atoms with Gasteiger partial charge in [-0.2, -0.15) is 0 Å². The molecule has 0 amide bonds. The number of hydrogen-bond acceptors (Lipinski definition) is 1. The summed E-state index contributed by atoms with van der Waals surface area (Å²) in [5.41, 5.74) is 7.03. The lowest BCUT2D eigenvalue weighted by atomic mass is 9.97. The van der Waals surface area contributed by atoms with Crippen LogP contribution in [0.1, 0.15) is 33.9 Å². The van der Waals surface area contributed by atoms with Gasteiger partial charge in [-0.05, 0) is 61.3 Å². The Morgan fingerprint density at radius 3 is 2.19 bits per heavy atom. The minimum atomic E-state index is 0.00113. The summed E-state index contributed by atoms with van der Waals surface area (Å²) < 4.78 is 0. The molecule has 0 spiro atoms. The summed E-state index contributed by atoms with van der Waals surface area (Å²) in [6, 6.07) is 25.3. The SMILES string of the molecule is Cc1cccc(C(NC(=S)Nc2cc(C)ccc2C)c2ccccc2)c1. The number of aryl methyl sites for hydroxylation is 3. The summed E-state index contributed by atoms with van der Waals surface area (Å²) in [6.45, 7) is 6.28. The van der Waals surface area contributed by atoms with E-state index in [4.69, 9.17) is 12.2 Å². The normalized spacial score (nSPS) is 11.7. The van der Waals surface area contributed by atoms with E-state index in [1.165, 1.54) is 27.8 Å². The molecule has 132 valence electrons. The number of nitrogens with one attached hydrogen (secondary N) is 2. The van der Waals surface area contributed by atoms with Crippen molar-refractivity contribution in [3.8, 4) is 0 Å². The Kier molecular flexibility index (Phi) is 5.69. The van der Waals surface area contributed by atoms with Gasteiger partial charge < -0.3 is 10.6 Å². The van der Waals surface area contributed by atoms with Gasteiger partial charge in [0.05, 0.1) is 6.04 Å². The van der Waals surface area contributed by atoms with Crippen LogP contribution in [0.3, 0.4) is 0 Å². The van der Waals surface area contributed by atoms with Gasteiger partial charge >= 0.3 is 0 Å². The zero-order valence-electron chi connectivity index (χ0n) is 15.4. The average molecular weight is 361 g/mol. The second-order valence-corrected chi connectivity index (χ2v) is 7.08. The van der Waals surface area contributed by atoms with E-state index in [0.29, 0.717) is 5.11 Å². The lowest BCUT2D eigenvalue weighted by Gasteiger charge is -2.23. The fraction of sp³-hybridized carbons (Fsp3) is 0.174. The summed E-state index contributed by atoms with van der Waals surface area (Å²) >= 11 is 5.63. The third-order valence-electron chi connectivity index (χ3n) is 4.43. The van der Waals surface area contributed by atoms with Gasteiger partial charge in [0, 0.05) is 5.69 Å². The van der Waals surface area contributed by atoms with Crippen molar-refractivity contribution in [3.63, 3.8) is 0 Å². The second kappa shape index (κ2) is 8.15. The Morgan fingerprint density at radius 2 is 1.46 bits per heavy atom. The number of rotatable bonds is 4. The maximum absolute atomic E-state index is 5.63. The highest BCUT2D eigenvalue weighted by atomic mass is 32.1. The van der Waals surface area contributed by atoms with Gasteiger partial charge in [0.1, 0.15) is 0 Å². The van der Waals surface area contributed by atoms with Crippen LogP contribution in [-0.4, -0.2) is 5.11 Å². The van der Waals surface area contributed by atoms with E-state index in [1.54, 1.807) is 0 Å². The molecule has 0 aliphatic heterocycles. The fourth-order valence-corrected chi connectivity index (χ4v) is 3.24. The Balaban J connectivity index is 1.86. The molecule has 0 saturated carbocycles. The molecule has 1 atom stereocenters. The lowest BCUT2D eigenvalue weighted by molar-refractivity contribution is 0.767. The van der Waals surface area contributed by atoms with Gasteiger partial charge in [-0.15, -0.1) is 0 Å². The maximum atomic E-state index is 5.63. The van der Waals surface area contributed by atoms with Crippen molar-refractivity contribution in [2.75, 3.05) is 5.32 Å². The molecule has 26 heavy (non-hydrogen) atoms. The van der Waals surface area contributed by atoms with Crippen LogP contribution in [0.5, 0.6) is 0 Å². The van der Waals surface area contributed by atoms with Crippen LogP contribution in [0, 0.1) is 20.8 Å². The number of anilines is 1. The highest BCUT2D eigenvalue weighted by Gasteiger charge is 2.15. The first-order valence-corrected chi connectivity index (χ1v) is 9.20. The van der Waals surface area contributed by atoms with Gasteiger partial charge in [0.25, 0.3) is 0 Å². The summed E-state index contributed by atoms with van der Waals surface area (Å²) in [6.07, 6.45) is 0. The molecular weight excluding hydrogens is 336 g/mol. The van der Waals surface area contributed by atoms with E-state index < -0.39 is 0 Å². The van der Waals surface area contributed by atoms with Crippen molar-refractivity contribution in [1.82, 2.24) is 5.32 Å². The number of benzene rings is 3. The highest BCUT2D eigenvalue weighted by Crippen LogP contribution is 2.23. The molecule has 0 radical (unpaired) electrons. The van der Waals surface area contributed by atoms with Gasteiger partial charge in [-0.1, -0.05) is 72.3 Å². The van der Waals surface area contributed by atoms with Gasteiger partial charge in [0.15, 0.2) is 5.11 Å². The van der Waals surface area contributed by atoms with E-state index >= 15 is 0 Å². The van der Waals surface area contributed by atoms with Crippen LogP contribution in [0.25, 0.3) is 0 Å². The summed E-state index contributed by atoms with van der Waals surface area (Å²) in [5.74, 6) is 0. The molecule has 0 aliphatic rings. The van der Waals surface area contributed by atoms with E-state index in [2.05, 4.69) is 98.1 Å². The van der Waals surface area contributed by atoms with Crippen LogP contribution >= 0.6 is 12.2 Å². The van der Waals surface area contributed by atoms with Crippen molar-refractivity contribution in [2.24, 2.45) is 0 Å². The molecule has 2 nitrogen and oxygen atoms in total. The molecule has 1 unspecified atom stereocenters. The maximum Gasteiger partial charge on any atom is 0.171 e. The van der Waals surface area contributed by atoms with Gasteiger partial charge in [0.2, 0.25) is 0 Å². The summed E-state index contributed by atoms with van der Waals surface area (Å²) in [7, 11) is 0. The topological polar surface area (TPSA) is 24.1 Å². The van der Waals surface area contributed by atoms with Gasteiger partial charge in [-0.3, -0.25) is 0 Å². The molecule has 0 bridgehead atoms. The van der Waals surface area contributed by atoms with Crippen LogP contribution in [0.15, 0.2) is 72.8 Å². The molecule has 3 aromatic carbocycles. The Morgan fingerprint density at radius 1 is 0.769 bits per heavy atom. The fourth-order valence-electron chi connectivity index (χ4n) is 3.01. The van der Waals surface area contributed by atoms with Crippen molar-refractivity contribution < 1.29 is 0 Å². The van der Waals surface area contributed by atoms with E-state index in [0.717, 1.165) is 5.69 Å². The third kappa shape index (κ3) is 4.50. The van der Waals surface area contributed by atoms with Crippen molar-refractivity contribution in [2.45, 2.75) is 26.8 Å². The predicted octanol–water partition coefficient (Wildman–Crippen LogP) is 5.69. The molecule has 3 aromatic rings. The van der Waals surface area contributed by atoms with E-state index in [9.17, 15) is 0 Å². The monoisotopic (exact) mass is 360 g/mol. The number of hydrogen-bond donors (Lipinski definition) is 2. The first-order valence-electron chi connectivity index (χ1n) is 8.79. The highest BCUT2D eigenvalue weighted by molar-refractivity contribution is 7.80. The van der Waals surface area contributed by atoms with Crippen molar-refractivity contribution in [3.05, 3.63) is 101 Å². The smallest absolute Gasteiger partial charge is 0.171 e. The second-order valence-electron chi connectivity index (χ2n) is 6.67. The Hall–Kier alpha value is -2.65. The van der Waals surface area contributed by atoms with E-state index in [-0.39, 0.29) is 6.04 Å². The van der Waals surface area contributed by atoms with Gasteiger partial charge in [-0.25, -0.2) is 0 Å². The van der Waals surface area contributed by atoms with Crippen molar-refractivity contribution >= 4 is 23.0 Å². The van der Waals surface area contributed by atoms with Crippen molar-refractivity contribution in [1.29, 1.82) is 0 Å². The minimum absolute atomic E-state index is 0.00113. The quantitative estimate of drug-likeness (QED) is 0.585. The molecule has 0 aromatic heterocycles. The largest absolute Gasteiger partial charge is 0.352 e. The molecule has 0 heterocycles. The zero-order chi connectivity index (χ0) is 18.5. The zero-order valence-corrected chi connectivity index (χ0v) is 16.2. The molecule has 0 saturated heterocycles. The predicted molar refractivity (Wildman–Crippen MR) is 115 cm³/mol. The molecule has 2 N–H and O–H groups in total. The average Bonchev–Trinajstić information content (AvgIpc) is 2.63. The van der Waals surface area contributed by atoms with Crippen LogP contribution in [0.2, 0.25) is 0 Å². The molecule has 3 rings (SSSR count).